The molecular formula is C15H17N3O2. The van der Waals surface area contributed by atoms with Gasteiger partial charge in [-0.3, -0.25) is 9.78 Å². The standard InChI is InChI=1S/C15H17N3O2/c1-3-8-20-14-7-5-4-6-12(14)18-15(19)13-10-16-11(2)9-17-13/h4-7,9-10H,3,8H2,1-2H3,(H,18,19). The maximum Gasteiger partial charge on any atom is 0.275 e. The van der Waals surface area contributed by atoms with Crippen LogP contribution < -0.4 is 10.1 Å². The van der Waals surface area contributed by atoms with Gasteiger partial charge in [0.25, 0.3) is 5.91 Å². The Morgan fingerprint density at radius 1 is 1.25 bits per heavy atom. The van der Waals surface area contributed by atoms with E-state index in [1.807, 2.05) is 32.0 Å². The van der Waals surface area contributed by atoms with E-state index in [1.165, 1.54) is 6.20 Å². The lowest BCUT2D eigenvalue weighted by molar-refractivity contribution is 0.102. The van der Waals surface area contributed by atoms with Crippen LogP contribution in [0.2, 0.25) is 0 Å². The number of anilines is 1. The minimum atomic E-state index is -0.301. The third-order valence-corrected chi connectivity index (χ3v) is 2.61. The van der Waals surface area contributed by atoms with E-state index in [0.29, 0.717) is 18.0 Å². The van der Waals surface area contributed by atoms with Crippen molar-refractivity contribution in [2.75, 3.05) is 11.9 Å². The first-order chi connectivity index (χ1) is 9.70. The van der Waals surface area contributed by atoms with Crippen molar-refractivity contribution in [3.8, 4) is 5.75 Å². The second-order valence-corrected chi connectivity index (χ2v) is 4.34. The van der Waals surface area contributed by atoms with Crippen LogP contribution in [0.25, 0.3) is 0 Å². The molecule has 0 spiro atoms. The largest absolute Gasteiger partial charge is 0.491 e. The van der Waals surface area contributed by atoms with Gasteiger partial charge in [0.1, 0.15) is 11.4 Å². The highest BCUT2D eigenvalue weighted by molar-refractivity contribution is 6.03. The fraction of sp³-hybridized carbons (Fsp3) is 0.267. The number of amides is 1. The summed E-state index contributed by atoms with van der Waals surface area (Å²) in [4.78, 5) is 20.2. The second-order valence-electron chi connectivity index (χ2n) is 4.34. The van der Waals surface area contributed by atoms with E-state index in [2.05, 4.69) is 15.3 Å². The van der Waals surface area contributed by atoms with Crippen molar-refractivity contribution < 1.29 is 9.53 Å². The molecule has 2 rings (SSSR count). The van der Waals surface area contributed by atoms with E-state index >= 15 is 0 Å². The van der Waals surface area contributed by atoms with Crippen LogP contribution in [0.15, 0.2) is 36.7 Å². The predicted octanol–water partition coefficient (Wildman–Crippen LogP) is 2.83. The van der Waals surface area contributed by atoms with Gasteiger partial charge >= 0.3 is 0 Å². The Balaban J connectivity index is 2.13. The van der Waals surface area contributed by atoms with Gasteiger partial charge in [-0.25, -0.2) is 4.98 Å². The van der Waals surface area contributed by atoms with E-state index in [4.69, 9.17) is 4.74 Å². The molecule has 2 aromatic rings. The summed E-state index contributed by atoms with van der Waals surface area (Å²) >= 11 is 0. The van der Waals surface area contributed by atoms with Gasteiger partial charge in [-0.05, 0) is 25.5 Å². The summed E-state index contributed by atoms with van der Waals surface area (Å²) in [6.07, 6.45) is 3.93. The van der Waals surface area contributed by atoms with Crippen LogP contribution in [0.5, 0.6) is 5.75 Å². The van der Waals surface area contributed by atoms with Crippen molar-refractivity contribution in [1.82, 2.24) is 9.97 Å². The number of aromatic nitrogens is 2. The number of carbonyl (C=O) groups is 1. The Bertz CT molecular complexity index is 582. The first-order valence-corrected chi connectivity index (χ1v) is 6.52. The molecule has 1 heterocycles. The molecule has 1 aromatic carbocycles. The number of hydrogen-bond donors (Lipinski definition) is 1. The molecule has 0 unspecified atom stereocenters. The molecule has 0 bridgehead atoms. The van der Waals surface area contributed by atoms with Gasteiger partial charge in [0.2, 0.25) is 0 Å². The summed E-state index contributed by atoms with van der Waals surface area (Å²) in [5.41, 5.74) is 1.68. The monoisotopic (exact) mass is 271 g/mol. The van der Waals surface area contributed by atoms with Crippen LogP contribution in [-0.2, 0) is 0 Å². The van der Waals surface area contributed by atoms with E-state index < -0.39 is 0 Å². The van der Waals surface area contributed by atoms with Crippen LogP contribution in [0.3, 0.4) is 0 Å². The molecular weight excluding hydrogens is 254 g/mol. The maximum atomic E-state index is 12.1. The van der Waals surface area contributed by atoms with Gasteiger partial charge < -0.3 is 10.1 Å². The Labute approximate surface area is 118 Å². The van der Waals surface area contributed by atoms with E-state index in [-0.39, 0.29) is 11.6 Å². The molecule has 1 N–H and O–H groups in total. The summed E-state index contributed by atoms with van der Waals surface area (Å²) in [6, 6.07) is 7.33. The molecule has 0 aliphatic rings. The van der Waals surface area contributed by atoms with Gasteiger partial charge in [-0.2, -0.15) is 0 Å². The number of benzene rings is 1. The molecule has 0 aliphatic carbocycles. The van der Waals surface area contributed by atoms with Crippen molar-refractivity contribution in [1.29, 1.82) is 0 Å². The molecule has 5 nitrogen and oxygen atoms in total. The van der Waals surface area contributed by atoms with Crippen molar-refractivity contribution >= 4 is 11.6 Å². The number of carbonyl (C=O) groups excluding carboxylic acids is 1. The topological polar surface area (TPSA) is 64.1 Å². The zero-order valence-electron chi connectivity index (χ0n) is 11.6. The number of ether oxygens (including phenoxy) is 1. The molecule has 0 aliphatic heterocycles. The number of para-hydroxylation sites is 2. The minimum Gasteiger partial charge on any atom is -0.491 e. The number of aryl methyl sites for hydroxylation is 1. The molecule has 5 heteroatoms. The lowest BCUT2D eigenvalue weighted by atomic mass is 10.2. The lowest BCUT2D eigenvalue weighted by Gasteiger charge is -2.11. The number of nitrogens with one attached hydrogen (secondary N) is 1. The SMILES string of the molecule is CCCOc1ccccc1NC(=O)c1cnc(C)cn1. The average molecular weight is 271 g/mol. The predicted molar refractivity (Wildman–Crippen MR) is 77.0 cm³/mol. The van der Waals surface area contributed by atoms with Gasteiger partial charge in [-0.15, -0.1) is 0 Å². The van der Waals surface area contributed by atoms with Gasteiger partial charge in [0, 0.05) is 6.20 Å². The highest BCUT2D eigenvalue weighted by Crippen LogP contribution is 2.24. The van der Waals surface area contributed by atoms with Gasteiger partial charge in [0.15, 0.2) is 0 Å². The molecule has 0 atom stereocenters. The van der Waals surface area contributed by atoms with Crippen molar-refractivity contribution in [3.05, 3.63) is 48.0 Å². The zero-order chi connectivity index (χ0) is 14.4. The molecule has 0 fully saturated rings. The van der Waals surface area contributed by atoms with Crippen molar-refractivity contribution in [3.63, 3.8) is 0 Å². The number of hydrogen-bond acceptors (Lipinski definition) is 4. The molecule has 0 saturated carbocycles. The van der Waals surface area contributed by atoms with Crippen LogP contribution in [0.4, 0.5) is 5.69 Å². The van der Waals surface area contributed by atoms with Crippen LogP contribution in [0.1, 0.15) is 29.5 Å². The quantitative estimate of drug-likeness (QED) is 0.908. The Morgan fingerprint density at radius 2 is 2.05 bits per heavy atom. The van der Waals surface area contributed by atoms with Gasteiger partial charge in [-0.1, -0.05) is 19.1 Å². The third-order valence-electron chi connectivity index (χ3n) is 2.61. The first kappa shape index (κ1) is 14.0. The number of rotatable bonds is 5. The highest BCUT2D eigenvalue weighted by atomic mass is 16.5. The summed E-state index contributed by atoms with van der Waals surface area (Å²) in [5.74, 6) is 0.354. The van der Waals surface area contributed by atoms with E-state index in [0.717, 1.165) is 12.1 Å². The highest BCUT2D eigenvalue weighted by Gasteiger charge is 2.11. The fourth-order valence-corrected chi connectivity index (χ4v) is 1.60. The normalized spacial score (nSPS) is 10.1. The molecule has 1 amide bonds. The minimum absolute atomic E-state index is 0.279. The van der Waals surface area contributed by atoms with E-state index in [1.54, 1.807) is 12.3 Å². The fourth-order valence-electron chi connectivity index (χ4n) is 1.60. The zero-order valence-corrected chi connectivity index (χ0v) is 11.6. The average Bonchev–Trinajstić information content (AvgIpc) is 2.47. The van der Waals surface area contributed by atoms with Crippen LogP contribution in [-0.4, -0.2) is 22.5 Å². The summed E-state index contributed by atoms with van der Waals surface area (Å²) in [7, 11) is 0. The van der Waals surface area contributed by atoms with Crippen LogP contribution in [0, 0.1) is 6.92 Å². The first-order valence-electron chi connectivity index (χ1n) is 6.52. The molecule has 20 heavy (non-hydrogen) atoms. The van der Waals surface area contributed by atoms with Crippen molar-refractivity contribution in [2.24, 2.45) is 0 Å². The smallest absolute Gasteiger partial charge is 0.275 e. The van der Waals surface area contributed by atoms with Gasteiger partial charge in [0.05, 0.1) is 24.2 Å². The Morgan fingerprint density at radius 3 is 2.75 bits per heavy atom. The van der Waals surface area contributed by atoms with E-state index in [9.17, 15) is 4.79 Å². The third kappa shape index (κ3) is 3.54. The molecule has 104 valence electrons. The molecule has 0 radical (unpaired) electrons. The molecule has 1 aromatic heterocycles. The second kappa shape index (κ2) is 6.65. The van der Waals surface area contributed by atoms with Crippen molar-refractivity contribution in [2.45, 2.75) is 20.3 Å². The summed E-state index contributed by atoms with van der Waals surface area (Å²) < 4.78 is 5.59. The Hall–Kier alpha value is -2.43. The Kier molecular flexibility index (Phi) is 4.65. The summed E-state index contributed by atoms with van der Waals surface area (Å²) in [5, 5.41) is 2.79. The maximum absolute atomic E-state index is 12.1. The lowest BCUT2D eigenvalue weighted by Crippen LogP contribution is -2.15. The summed E-state index contributed by atoms with van der Waals surface area (Å²) in [6.45, 7) is 4.46. The number of nitrogens with zero attached hydrogens (tertiary/aromatic N) is 2. The molecule has 0 saturated heterocycles. The van der Waals surface area contributed by atoms with Crippen LogP contribution >= 0.6 is 0 Å².